The van der Waals surface area contributed by atoms with Crippen LogP contribution in [0.5, 0.6) is 11.5 Å². The first-order valence-corrected chi connectivity index (χ1v) is 7.39. The van der Waals surface area contributed by atoms with Gasteiger partial charge < -0.3 is 4.74 Å². The third-order valence-electron chi connectivity index (χ3n) is 2.49. The molecule has 0 spiro atoms. The maximum Gasteiger partial charge on any atom is 0.311 e. The number of nitro benzene ring substituents is 1. The summed E-state index contributed by atoms with van der Waals surface area (Å²) in [6.07, 6.45) is 0. The fourth-order valence-electron chi connectivity index (χ4n) is 1.55. The highest BCUT2D eigenvalue weighted by atomic mass is 79.9. The van der Waals surface area contributed by atoms with Crippen LogP contribution >= 0.6 is 31.9 Å². The van der Waals surface area contributed by atoms with Crippen molar-refractivity contribution in [2.45, 2.75) is 5.33 Å². The number of hydrogen-bond donors (Lipinski definition) is 0. The quantitative estimate of drug-likeness (QED) is 0.400. The van der Waals surface area contributed by atoms with Crippen molar-refractivity contribution in [3.8, 4) is 11.5 Å². The van der Waals surface area contributed by atoms with Crippen molar-refractivity contribution >= 4 is 37.5 Å². The van der Waals surface area contributed by atoms with E-state index in [9.17, 15) is 14.5 Å². The van der Waals surface area contributed by atoms with E-state index in [2.05, 4.69) is 31.9 Å². The van der Waals surface area contributed by atoms with E-state index in [0.29, 0.717) is 9.80 Å². The van der Waals surface area contributed by atoms with E-state index in [0.717, 1.165) is 5.56 Å². The van der Waals surface area contributed by atoms with Crippen molar-refractivity contribution in [2.24, 2.45) is 0 Å². The first kappa shape index (κ1) is 14.9. The third kappa shape index (κ3) is 3.34. The Hall–Kier alpha value is -1.47. The molecule has 0 unspecified atom stereocenters. The molecule has 0 saturated carbocycles. The van der Waals surface area contributed by atoms with Crippen LogP contribution in [0.1, 0.15) is 5.56 Å². The number of benzene rings is 2. The van der Waals surface area contributed by atoms with Crippen LogP contribution in [-0.4, -0.2) is 4.92 Å². The van der Waals surface area contributed by atoms with Crippen LogP contribution in [0.4, 0.5) is 10.1 Å². The van der Waals surface area contributed by atoms with Gasteiger partial charge in [-0.15, -0.1) is 0 Å². The van der Waals surface area contributed by atoms with Crippen molar-refractivity contribution in [2.75, 3.05) is 0 Å². The Bertz CT molecular complexity index is 664. The molecule has 0 bridgehead atoms. The van der Waals surface area contributed by atoms with Crippen LogP contribution < -0.4 is 4.74 Å². The van der Waals surface area contributed by atoms with Gasteiger partial charge in [0.25, 0.3) is 0 Å². The number of alkyl halides is 1. The second kappa shape index (κ2) is 6.32. The molecule has 0 aromatic heterocycles. The van der Waals surface area contributed by atoms with Gasteiger partial charge in [0.1, 0.15) is 0 Å². The Morgan fingerprint density at radius 1 is 1.20 bits per heavy atom. The lowest BCUT2D eigenvalue weighted by Crippen LogP contribution is -1.96. The van der Waals surface area contributed by atoms with E-state index in [1.165, 1.54) is 30.3 Å². The van der Waals surface area contributed by atoms with Gasteiger partial charge in [0, 0.05) is 15.9 Å². The van der Waals surface area contributed by atoms with E-state index >= 15 is 0 Å². The molecular formula is C13H8Br2FNO3. The van der Waals surface area contributed by atoms with Gasteiger partial charge in [-0.25, -0.2) is 4.39 Å². The molecular weight excluding hydrogens is 397 g/mol. The summed E-state index contributed by atoms with van der Waals surface area (Å²) >= 11 is 6.42. The molecule has 0 aliphatic rings. The van der Waals surface area contributed by atoms with Gasteiger partial charge in [-0.3, -0.25) is 10.1 Å². The average Bonchev–Trinajstić information content (AvgIpc) is 2.43. The molecule has 0 radical (unpaired) electrons. The molecule has 20 heavy (non-hydrogen) atoms. The second-order valence-electron chi connectivity index (χ2n) is 3.87. The third-order valence-corrected chi connectivity index (χ3v) is 3.63. The normalized spacial score (nSPS) is 10.3. The highest BCUT2D eigenvalue weighted by Crippen LogP contribution is 2.34. The van der Waals surface area contributed by atoms with E-state index < -0.39 is 10.7 Å². The van der Waals surface area contributed by atoms with E-state index in [4.69, 9.17) is 4.74 Å². The Balaban J connectivity index is 2.42. The molecule has 0 aliphatic heterocycles. The van der Waals surface area contributed by atoms with Gasteiger partial charge in [0.15, 0.2) is 11.6 Å². The minimum Gasteiger partial charge on any atom is -0.447 e. The van der Waals surface area contributed by atoms with Gasteiger partial charge in [0.2, 0.25) is 5.75 Å². The van der Waals surface area contributed by atoms with Gasteiger partial charge >= 0.3 is 5.69 Å². The minimum atomic E-state index is -0.591. The summed E-state index contributed by atoms with van der Waals surface area (Å²) < 4.78 is 19.5. The van der Waals surface area contributed by atoms with Gasteiger partial charge in [0.05, 0.1) is 4.92 Å². The monoisotopic (exact) mass is 403 g/mol. The number of rotatable bonds is 4. The van der Waals surface area contributed by atoms with Crippen LogP contribution in [0.15, 0.2) is 40.9 Å². The molecule has 2 rings (SSSR count). The SMILES string of the molecule is O=[N+]([O-])c1cc(CBr)ccc1Oc1cc(Br)ccc1F. The molecule has 104 valence electrons. The Morgan fingerprint density at radius 2 is 1.95 bits per heavy atom. The summed E-state index contributed by atoms with van der Waals surface area (Å²) in [5, 5.41) is 11.5. The Labute approximate surface area is 131 Å². The van der Waals surface area contributed by atoms with E-state index in [1.807, 2.05) is 0 Å². The van der Waals surface area contributed by atoms with Crippen molar-refractivity contribution in [1.29, 1.82) is 0 Å². The maximum atomic E-state index is 13.6. The van der Waals surface area contributed by atoms with Crippen LogP contribution in [0.2, 0.25) is 0 Å². The molecule has 0 amide bonds. The lowest BCUT2D eigenvalue weighted by atomic mass is 10.2. The van der Waals surface area contributed by atoms with E-state index in [1.54, 1.807) is 6.07 Å². The predicted molar refractivity (Wildman–Crippen MR) is 79.9 cm³/mol. The molecule has 0 atom stereocenters. The summed E-state index contributed by atoms with van der Waals surface area (Å²) in [5.41, 5.74) is 0.528. The molecule has 0 N–H and O–H groups in total. The predicted octanol–water partition coefficient (Wildman–Crippen LogP) is 5.18. The van der Waals surface area contributed by atoms with Gasteiger partial charge in [-0.1, -0.05) is 37.9 Å². The first-order chi connectivity index (χ1) is 9.51. The lowest BCUT2D eigenvalue weighted by Gasteiger charge is -2.08. The molecule has 0 heterocycles. The van der Waals surface area contributed by atoms with Crippen molar-refractivity contribution in [1.82, 2.24) is 0 Å². The highest BCUT2D eigenvalue weighted by molar-refractivity contribution is 9.10. The highest BCUT2D eigenvalue weighted by Gasteiger charge is 2.18. The number of ether oxygens (including phenoxy) is 1. The van der Waals surface area contributed by atoms with Crippen LogP contribution in [0.25, 0.3) is 0 Å². The van der Waals surface area contributed by atoms with Crippen molar-refractivity contribution in [3.63, 3.8) is 0 Å². The number of hydrogen-bond acceptors (Lipinski definition) is 3. The van der Waals surface area contributed by atoms with E-state index in [-0.39, 0.29) is 17.2 Å². The molecule has 7 heteroatoms. The summed E-state index contributed by atoms with van der Waals surface area (Å²) in [4.78, 5) is 10.5. The van der Waals surface area contributed by atoms with Gasteiger partial charge in [-0.2, -0.15) is 0 Å². The second-order valence-corrected chi connectivity index (χ2v) is 5.35. The Morgan fingerprint density at radius 3 is 2.60 bits per heavy atom. The largest absolute Gasteiger partial charge is 0.447 e. The molecule has 0 fully saturated rings. The topological polar surface area (TPSA) is 52.4 Å². The zero-order valence-corrected chi connectivity index (χ0v) is 13.1. The molecule has 0 saturated heterocycles. The Kier molecular flexibility index (Phi) is 4.72. The van der Waals surface area contributed by atoms with Crippen molar-refractivity contribution in [3.05, 3.63) is 62.4 Å². The number of nitrogens with zero attached hydrogens (tertiary/aromatic N) is 1. The molecule has 2 aromatic carbocycles. The average molecular weight is 405 g/mol. The zero-order valence-electron chi connectivity index (χ0n) is 9.98. The standard InChI is InChI=1S/C13H8Br2FNO3/c14-7-8-1-4-12(11(5-8)17(18)19)20-13-6-9(15)2-3-10(13)16/h1-6H,7H2. The van der Waals surface area contributed by atoms with Crippen molar-refractivity contribution < 1.29 is 14.1 Å². The maximum absolute atomic E-state index is 13.6. The van der Waals surface area contributed by atoms with Crippen LogP contribution in [0.3, 0.4) is 0 Å². The smallest absolute Gasteiger partial charge is 0.311 e. The fourth-order valence-corrected chi connectivity index (χ4v) is 2.24. The number of nitro groups is 1. The lowest BCUT2D eigenvalue weighted by molar-refractivity contribution is -0.385. The van der Waals surface area contributed by atoms with Crippen LogP contribution in [0, 0.1) is 15.9 Å². The first-order valence-electron chi connectivity index (χ1n) is 5.47. The molecule has 2 aromatic rings. The minimum absolute atomic E-state index is 0.00306. The fraction of sp³-hybridized carbons (Fsp3) is 0.0769. The summed E-state index contributed by atoms with van der Waals surface area (Å²) in [7, 11) is 0. The summed E-state index contributed by atoms with van der Waals surface area (Å²) in [6, 6.07) is 8.67. The molecule has 0 aliphatic carbocycles. The van der Waals surface area contributed by atoms with Gasteiger partial charge in [-0.05, 0) is 29.8 Å². The van der Waals surface area contributed by atoms with Crippen LogP contribution in [-0.2, 0) is 5.33 Å². The molecule has 4 nitrogen and oxygen atoms in total. The summed E-state index contributed by atoms with van der Waals surface area (Å²) in [5.74, 6) is -0.669. The zero-order chi connectivity index (χ0) is 14.7. The summed E-state index contributed by atoms with van der Waals surface area (Å²) in [6.45, 7) is 0. The number of halogens is 3.